The number of aliphatic imine (C=N–C) groups is 1. The van der Waals surface area contributed by atoms with E-state index in [2.05, 4.69) is 10.3 Å². The van der Waals surface area contributed by atoms with Crippen LogP contribution in [0.15, 0.2) is 4.99 Å². The van der Waals surface area contributed by atoms with Gasteiger partial charge in [0, 0.05) is 0 Å². The quantitative estimate of drug-likeness (QED) is 0.462. The molecule has 0 aromatic heterocycles. The van der Waals surface area contributed by atoms with E-state index in [9.17, 15) is 4.79 Å². The highest BCUT2D eigenvalue weighted by Gasteiger charge is 2.08. The predicted octanol–water partition coefficient (Wildman–Crippen LogP) is -0.839. The molecule has 0 aliphatic carbocycles. The van der Waals surface area contributed by atoms with Gasteiger partial charge in [-0.2, -0.15) is 0 Å². The van der Waals surface area contributed by atoms with Gasteiger partial charge >= 0.3 is 0 Å². The number of amides is 1. The molecule has 1 rings (SSSR count). The molecular weight excluding hydrogens is 120 g/mol. The molecule has 4 heteroatoms. The Hall–Kier alpha value is -1.06. The number of carbonyl (C=O) groups is 1. The van der Waals surface area contributed by atoms with Crippen molar-refractivity contribution in [1.82, 2.24) is 5.32 Å². The second-order valence-corrected chi connectivity index (χ2v) is 1.69. The Labute approximate surface area is 52.9 Å². The lowest BCUT2D eigenvalue weighted by atomic mass is 10.5. The van der Waals surface area contributed by atoms with Crippen LogP contribution >= 0.6 is 0 Å². The summed E-state index contributed by atoms with van der Waals surface area (Å²) in [5.74, 6) is 0.547. The van der Waals surface area contributed by atoms with Crippen LogP contribution in [-0.2, 0) is 9.53 Å². The van der Waals surface area contributed by atoms with Crippen molar-refractivity contribution in [3.8, 4) is 0 Å². The van der Waals surface area contributed by atoms with Crippen molar-refractivity contribution in [2.24, 2.45) is 4.99 Å². The highest BCUT2D eigenvalue weighted by atomic mass is 16.5. The van der Waals surface area contributed by atoms with E-state index in [1.54, 1.807) is 0 Å². The molecule has 0 saturated carbocycles. The third-order valence-corrected chi connectivity index (χ3v) is 1.07. The minimum absolute atomic E-state index is 0.0456. The number of hydrogen-bond acceptors (Lipinski definition) is 3. The molecule has 0 spiro atoms. The van der Waals surface area contributed by atoms with Crippen LogP contribution in [0.2, 0.25) is 0 Å². The highest BCUT2D eigenvalue weighted by molar-refractivity contribution is 5.90. The molecule has 0 unspecified atom stereocenters. The third kappa shape index (κ3) is 1.42. The van der Waals surface area contributed by atoms with E-state index in [0.29, 0.717) is 12.4 Å². The molecule has 1 amide bonds. The van der Waals surface area contributed by atoms with E-state index >= 15 is 0 Å². The SMILES string of the molecule is COC1=NCC(=O)NC1. The van der Waals surface area contributed by atoms with E-state index in [1.807, 2.05) is 0 Å². The van der Waals surface area contributed by atoms with E-state index in [0.717, 1.165) is 0 Å². The summed E-state index contributed by atoms with van der Waals surface area (Å²) in [6.07, 6.45) is 0. The topological polar surface area (TPSA) is 50.7 Å². The minimum atomic E-state index is -0.0456. The zero-order valence-corrected chi connectivity index (χ0v) is 5.18. The number of methoxy groups -OCH3 is 1. The molecule has 0 bridgehead atoms. The van der Waals surface area contributed by atoms with Crippen molar-refractivity contribution in [2.45, 2.75) is 0 Å². The first-order chi connectivity index (χ1) is 4.33. The summed E-state index contributed by atoms with van der Waals surface area (Å²) in [6, 6.07) is 0. The zero-order valence-electron chi connectivity index (χ0n) is 5.18. The van der Waals surface area contributed by atoms with E-state index in [4.69, 9.17) is 4.74 Å². The average molecular weight is 128 g/mol. The van der Waals surface area contributed by atoms with Gasteiger partial charge < -0.3 is 10.1 Å². The molecular formula is C5H8N2O2. The minimum Gasteiger partial charge on any atom is -0.483 e. The number of nitrogens with zero attached hydrogens (tertiary/aromatic N) is 1. The molecule has 0 fully saturated rings. The summed E-state index contributed by atoms with van der Waals surface area (Å²) in [4.78, 5) is 14.3. The Balaban J connectivity index is 2.50. The van der Waals surface area contributed by atoms with Crippen molar-refractivity contribution >= 4 is 11.8 Å². The molecule has 0 atom stereocenters. The molecule has 0 aromatic carbocycles. The lowest BCUT2D eigenvalue weighted by Gasteiger charge is -2.10. The van der Waals surface area contributed by atoms with Crippen LogP contribution in [0.3, 0.4) is 0 Å². The molecule has 1 N–H and O–H groups in total. The Bertz CT molecular complexity index is 153. The molecule has 1 aliphatic rings. The van der Waals surface area contributed by atoms with Gasteiger partial charge in [-0.3, -0.25) is 4.79 Å². The summed E-state index contributed by atoms with van der Waals surface area (Å²) in [5.41, 5.74) is 0. The highest BCUT2D eigenvalue weighted by Crippen LogP contribution is 1.85. The van der Waals surface area contributed by atoms with E-state index < -0.39 is 0 Å². The summed E-state index contributed by atoms with van der Waals surface area (Å²) in [7, 11) is 1.54. The van der Waals surface area contributed by atoms with Crippen LogP contribution in [0.5, 0.6) is 0 Å². The largest absolute Gasteiger partial charge is 0.483 e. The van der Waals surface area contributed by atoms with Gasteiger partial charge in [-0.25, -0.2) is 4.99 Å². The van der Waals surface area contributed by atoms with Gasteiger partial charge in [0.2, 0.25) is 11.8 Å². The summed E-state index contributed by atoms with van der Waals surface area (Å²) < 4.78 is 4.77. The maximum Gasteiger partial charge on any atom is 0.242 e. The normalized spacial score (nSPS) is 18.3. The van der Waals surface area contributed by atoms with Crippen LogP contribution in [0.1, 0.15) is 0 Å². The van der Waals surface area contributed by atoms with Gasteiger partial charge in [0.05, 0.1) is 13.7 Å². The van der Waals surface area contributed by atoms with Crippen molar-refractivity contribution < 1.29 is 9.53 Å². The number of hydrogen-bond donors (Lipinski definition) is 1. The van der Waals surface area contributed by atoms with Gasteiger partial charge in [-0.1, -0.05) is 0 Å². The van der Waals surface area contributed by atoms with Gasteiger partial charge in [0.1, 0.15) is 6.54 Å². The molecule has 0 aromatic rings. The predicted molar refractivity (Wildman–Crippen MR) is 32.3 cm³/mol. The lowest BCUT2D eigenvalue weighted by Crippen LogP contribution is -2.36. The second kappa shape index (κ2) is 2.48. The van der Waals surface area contributed by atoms with Crippen LogP contribution < -0.4 is 5.32 Å². The lowest BCUT2D eigenvalue weighted by molar-refractivity contribution is -0.119. The molecule has 50 valence electrons. The maximum atomic E-state index is 10.5. The first kappa shape index (κ1) is 6.07. The van der Waals surface area contributed by atoms with Crippen molar-refractivity contribution in [3.05, 3.63) is 0 Å². The Morgan fingerprint density at radius 1 is 1.78 bits per heavy atom. The Kier molecular flexibility index (Phi) is 1.67. The number of rotatable bonds is 0. The smallest absolute Gasteiger partial charge is 0.242 e. The molecule has 1 heterocycles. The van der Waals surface area contributed by atoms with Gasteiger partial charge in [0.25, 0.3) is 0 Å². The fourth-order valence-corrected chi connectivity index (χ4v) is 0.583. The average Bonchev–Trinajstić information content (AvgIpc) is 1.90. The molecule has 0 saturated heterocycles. The first-order valence-corrected chi connectivity index (χ1v) is 2.67. The standard InChI is InChI=1S/C5H8N2O2/c1-9-5-3-6-4(8)2-7-5/h2-3H2,1H3,(H,6,8). The van der Waals surface area contributed by atoms with Gasteiger partial charge in [-0.15, -0.1) is 0 Å². The van der Waals surface area contributed by atoms with Crippen LogP contribution in [0.25, 0.3) is 0 Å². The zero-order chi connectivity index (χ0) is 6.69. The Morgan fingerprint density at radius 3 is 3.00 bits per heavy atom. The molecule has 9 heavy (non-hydrogen) atoms. The molecule has 0 radical (unpaired) electrons. The molecule has 4 nitrogen and oxygen atoms in total. The maximum absolute atomic E-state index is 10.5. The summed E-state index contributed by atoms with van der Waals surface area (Å²) in [5, 5.41) is 2.59. The van der Waals surface area contributed by atoms with Crippen molar-refractivity contribution in [1.29, 1.82) is 0 Å². The number of nitrogens with one attached hydrogen (secondary N) is 1. The summed E-state index contributed by atoms with van der Waals surface area (Å²) >= 11 is 0. The second-order valence-electron chi connectivity index (χ2n) is 1.69. The fraction of sp³-hybridized carbons (Fsp3) is 0.600. The van der Waals surface area contributed by atoms with Crippen molar-refractivity contribution in [3.63, 3.8) is 0 Å². The van der Waals surface area contributed by atoms with E-state index in [1.165, 1.54) is 7.11 Å². The summed E-state index contributed by atoms with van der Waals surface area (Å²) in [6.45, 7) is 0.624. The van der Waals surface area contributed by atoms with Crippen LogP contribution in [-0.4, -0.2) is 32.0 Å². The van der Waals surface area contributed by atoms with Crippen molar-refractivity contribution in [2.75, 3.05) is 20.2 Å². The third-order valence-electron chi connectivity index (χ3n) is 1.07. The van der Waals surface area contributed by atoms with Gasteiger partial charge in [-0.05, 0) is 0 Å². The van der Waals surface area contributed by atoms with Crippen LogP contribution in [0, 0.1) is 0 Å². The first-order valence-electron chi connectivity index (χ1n) is 2.67. The van der Waals surface area contributed by atoms with E-state index in [-0.39, 0.29) is 12.5 Å². The number of ether oxygens (including phenoxy) is 1. The fourth-order valence-electron chi connectivity index (χ4n) is 0.583. The van der Waals surface area contributed by atoms with Gasteiger partial charge in [0.15, 0.2) is 0 Å². The van der Waals surface area contributed by atoms with Crippen LogP contribution in [0.4, 0.5) is 0 Å². The Morgan fingerprint density at radius 2 is 2.56 bits per heavy atom. The monoisotopic (exact) mass is 128 g/mol. The molecule has 1 aliphatic heterocycles. The number of carbonyl (C=O) groups excluding carboxylic acids is 1.